The number of amides is 1. The average Bonchev–Trinajstić information content (AvgIpc) is 3.51. The fourth-order valence-corrected chi connectivity index (χ4v) is 9.31. The highest BCUT2D eigenvalue weighted by Gasteiger charge is 2.37. The molecule has 52 heavy (non-hydrogen) atoms. The van der Waals surface area contributed by atoms with Crippen LogP contribution >= 0.6 is 0 Å². The summed E-state index contributed by atoms with van der Waals surface area (Å²) in [4.78, 5) is 30.3. The van der Waals surface area contributed by atoms with Crippen molar-refractivity contribution in [3.63, 3.8) is 0 Å². The number of piperazine rings is 1. The Bertz CT molecular complexity index is 2080. The molecule has 2 saturated heterocycles. The largest absolute Gasteiger partial charge is 0.392 e. The molecular weight excluding hydrogens is 657 g/mol. The summed E-state index contributed by atoms with van der Waals surface area (Å²) in [6.45, 7) is 6.38. The molecule has 2 aliphatic carbocycles. The minimum Gasteiger partial charge on any atom is -0.392 e. The van der Waals surface area contributed by atoms with Gasteiger partial charge in [0.25, 0.3) is 5.91 Å². The Morgan fingerprint density at radius 2 is 1.83 bits per heavy atom. The number of fused-ring (bicyclic) bond motifs is 6. The molecule has 1 saturated carbocycles. The second kappa shape index (κ2) is 12.8. The number of aliphatic hydroxyl groups is 1. The number of aromatic nitrogens is 2. The number of anilines is 4. The molecule has 2 unspecified atom stereocenters. The first kappa shape index (κ1) is 32.1. The lowest BCUT2D eigenvalue weighted by atomic mass is 9.68. The number of hydrogen-bond donors (Lipinski definition) is 2. The third-order valence-electron chi connectivity index (χ3n) is 12.5. The van der Waals surface area contributed by atoms with Crippen LogP contribution in [0.4, 0.5) is 33.0 Å². The van der Waals surface area contributed by atoms with Gasteiger partial charge >= 0.3 is 0 Å². The summed E-state index contributed by atoms with van der Waals surface area (Å²) in [7, 11) is 0. The fourth-order valence-electron chi connectivity index (χ4n) is 9.31. The SMILES string of the molecule is O=C1c2cc3c(n2CCN1c1cc(F)cc(-c2cc(Nc4ccc(N5CCN(C6COC6)CC5)cn4)c4c(c2)C2CCC2C=N4)c1CO)CCCC3. The van der Waals surface area contributed by atoms with Crippen LogP contribution in [0.25, 0.3) is 11.1 Å². The predicted molar refractivity (Wildman–Crippen MR) is 200 cm³/mol. The lowest BCUT2D eigenvalue weighted by molar-refractivity contribution is -0.0660. The Hall–Kier alpha value is -4.58. The van der Waals surface area contributed by atoms with Crippen LogP contribution in [0.1, 0.15) is 64.5 Å². The molecule has 3 fully saturated rings. The summed E-state index contributed by atoms with van der Waals surface area (Å²) in [5.74, 6) is 0.836. The number of carbonyl (C=O) groups is 1. The number of rotatable bonds is 7. The van der Waals surface area contributed by atoms with E-state index in [0.717, 1.165) is 106 Å². The molecule has 0 radical (unpaired) electrons. The van der Waals surface area contributed by atoms with E-state index in [1.807, 2.05) is 24.4 Å². The zero-order valence-electron chi connectivity index (χ0n) is 29.4. The molecule has 1 amide bonds. The molecule has 4 aromatic rings. The highest BCUT2D eigenvalue weighted by Crippen LogP contribution is 2.52. The van der Waals surface area contributed by atoms with Crippen LogP contribution < -0.4 is 15.1 Å². The second-order valence-electron chi connectivity index (χ2n) is 15.3. The Morgan fingerprint density at radius 1 is 0.962 bits per heavy atom. The molecule has 6 aliphatic rings. The normalized spacial score (nSPS) is 22.6. The number of carbonyl (C=O) groups excluding carboxylic acids is 1. The van der Waals surface area contributed by atoms with Crippen LogP contribution in [0, 0.1) is 11.7 Å². The number of halogens is 1. The van der Waals surface area contributed by atoms with E-state index in [9.17, 15) is 9.90 Å². The van der Waals surface area contributed by atoms with Gasteiger partial charge in [0.1, 0.15) is 17.3 Å². The second-order valence-corrected chi connectivity index (χ2v) is 15.3. The van der Waals surface area contributed by atoms with Gasteiger partial charge in [-0.3, -0.25) is 14.7 Å². The zero-order chi connectivity index (χ0) is 34.9. The number of benzene rings is 2. The van der Waals surface area contributed by atoms with Gasteiger partial charge in [0, 0.05) is 62.7 Å². The molecule has 10 nitrogen and oxygen atoms in total. The lowest BCUT2D eigenvalue weighted by Crippen LogP contribution is -2.56. The first-order valence-electron chi connectivity index (χ1n) is 19.0. The Kier molecular flexibility index (Phi) is 7.92. The van der Waals surface area contributed by atoms with Crippen LogP contribution in [0.3, 0.4) is 0 Å². The average molecular weight is 702 g/mol. The number of ether oxygens (including phenoxy) is 1. The standard InChI is InChI=1S/C41H44FN7O3/c42-28-18-32(34(22-50)37(19-28)49-14-13-48-36-4-2-1-3-25(36)17-38(48)41(49)51)27-15-33-31-7-5-26(31)20-44-40(33)35(16-27)45-39-8-6-29(21-43-39)46-9-11-47(12-10-46)30-23-52-24-30/h6,8,15-21,26,30-31,50H,1-5,7,9-14,22-24H2,(H,43,45). The van der Waals surface area contributed by atoms with Crippen molar-refractivity contribution in [3.8, 4) is 11.1 Å². The van der Waals surface area contributed by atoms with Gasteiger partial charge in [0.15, 0.2) is 0 Å². The van der Waals surface area contributed by atoms with Crippen molar-refractivity contribution in [1.82, 2.24) is 14.5 Å². The summed E-state index contributed by atoms with van der Waals surface area (Å²) < 4.78 is 23.3. The highest BCUT2D eigenvalue weighted by molar-refractivity contribution is 6.07. The molecule has 2 N–H and O–H groups in total. The molecule has 10 rings (SSSR count). The Morgan fingerprint density at radius 3 is 2.58 bits per heavy atom. The lowest BCUT2D eigenvalue weighted by Gasteiger charge is -2.43. The van der Waals surface area contributed by atoms with E-state index in [1.165, 1.54) is 23.4 Å². The van der Waals surface area contributed by atoms with Gasteiger partial charge < -0.3 is 29.5 Å². The smallest absolute Gasteiger partial charge is 0.274 e. The van der Waals surface area contributed by atoms with Crippen molar-refractivity contribution in [2.75, 3.05) is 61.1 Å². The number of aliphatic imine (C=N–C) groups is 1. The maximum absolute atomic E-state index is 15.7. The van der Waals surface area contributed by atoms with E-state index in [-0.39, 0.29) is 12.5 Å². The van der Waals surface area contributed by atoms with E-state index in [4.69, 9.17) is 14.7 Å². The number of pyridine rings is 1. The van der Waals surface area contributed by atoms with Gasteiger partial charge in [-0.25, -0.2) is 9.37 Å². The predicted octanol–water partition coefficient (Wildman–Crippen LogP) is 6.19. The fraction of sp³-hybridized carbons (Fsp3) is 0.439. The molecule has 0 spiro atoms. The molecule has 0 bridgehead atoms. The van der Waals surface area contributed by atoms with Crippen molar-refractivity contribution in [1.29, 1.82) is 0 Å². The molecule has 268 valence electrons. The van der Waals surface area contributed by atoms with Crippen LogP contribution in [0.5, 0.6) is 0 Å². The molecular formula is C41H44FN7O3. The van der Waals surface area contributed by atoms with E-state index < -0.39 is 5.82 Å². The number of nitrogens with one attached hydrogen (secondary N) is 1. The van der Waals surface area contributed by atoms with Crippen LogP contribution in [0.2, 0.25) is 0 Å². The molecule has 2 atom stereocenters. The molecule has 2 aromatic heterocycles. The van der Waals surface area contributed by atoms with E-state index in [2.05, 4.69) is 38.0 Å². The van der Waals surface area contributed by atoms with Crippen molar-refractivity contribution in [2.24, 2.45) is 10.9 Å². The monoisotopic (exact) mass is 701 g/mol. The summed E-state index contributed by atoms with van der Waals surface area (Å²) in [5.41, 5.74) is 9.41. The third-order valence-corrected chi connectivity index (χ3v) is 12.5. The van der Waals surface area contributed by atoms with Gasteiger partial charge in [-0.2, -0.15) is 0 Å². The summed E-state index contributed by atoms with van der Waals surface area (Å²) >= 11 is 0. The zero-order valence-corrected chi connectivity index (χ0v) is 29.4. The van der Waals surface area contributed by atoms with Crippen LogP contribution in [0.15, 0.2) is 53.7 Å². The van der Waals surface area contributed by atoms with Crippen molar-refractivity contribution >= 4 is 40.7 Å². The highest BCUT2D eigenvalue weighted by atomic mass is 19.1. The Balaban J connectivity index is 0.975. The van der Waals surface area contributed by atoms with Crippen molar-refractivity contribution < 1.29 is 19.0 Å². The summed E-state index contributed by atoms with van der Waals surface area (Å²) in [6.07, 6.45) is 10.4. The number of nitrogens with zero attached hydrogens (tertiary/aromatic N) is 6. The number of aryl methyl sites for hydroxylation is 1. The molecule has 6 heterocycles. The van der Waals surface area contributed by atoms with E-state index >= 15 is 4.39 Å². The maximum Gasteiger partial charge on any atom is 0.274 e. The van der Waals surface area contributed by atoms with Gasteiger partial charge in [-0.1, -0.05) is 0 Å². The van der Waals surface area contributed by atoms with Crippen LogP contribution in [-0.2, 0) is 30.7 Å². The quantitative estimate of drug-likeness (QED) is 0.237. The van der Waals surface area contributed by atoms with Gasteiger partial charge in [-0.15, -0.1) is 0 Å². The Labute approximate surface area is 302 Å². The summed E-state index contributed by atoms with van der Waals surface area (Å²) in [6, 6.07) is 13.7. The topological polar surface area (TPSA) is 98.5 Å². The van der Waals surface area contributed by atoms with Crippen molar-refractivity contribution in [2.45, 2.75) is 63.6 Å². The summed E-state index contributed by atoms with van der Waals surface area (Å²) in [5, 5.41) is 14.5. The maximum atomic E-state index is 15.7. The van der Waals surface area contributed by atoms with Gasteiger partial charge in [0.05, 0.1) is 54.8 Å². The minimum absolute atomic E-state index is 0.143. The molecule has 11 heteroatoms. The van der Waals surface area contributed by atoms with E-state index in [1.54, 1.807) is 4.90 Å². The van der Waals surface area contributed by atoms with Gasteiger partial charge in [-0.05, 0) is 109 Å². The first-order valence-corrected chi connectivity index (χ1v) is 19.0. The molecule has 2 aromatic carbocycles. The molecule has 4 aliphatic heterocycles. The first-order chi connectivity index (χ1) is 25.5. The van der Waals surface area contributed by atoms with Crippen LogP contribution in [-0.4, -0.2) is 83.7 Å². The van der Waals surface area contributed by atoms with Gasteiger partial charge in [0.2, 0.25) is 0 Å². The van der Waals surface area contributed by atoms with Crippen molar-refractivity contribution in [3.05, 3.63) is 82.6 Å². The van der Waals surface area contributed by atoms with E-state index in [0.29, 0.717) is 59.3 Å². The number of hydrogen-bond acceptors (Lipinski definition) is 8. The third kappa shape index (κ3) is 5.35. The number of aliphatic hydroxyl groups excluding tert-OH is 1. The minimum atomic E-state index is -0.443.